The lowest BCUT2D eigenvalue weighted by Gasteiger charge is -2.26. The monoisotopic (exact) mass is 428 g/mol. The fraction of sp³-hybridized carbons (Fsp3) is 0.150. The number of halogens is 1. The van der Waals surface area contributed by atoms with Crippen LogP contribution in [0.2, 0.25) is 0 Å². The van der Waals surface area contributed by atoms with Crippen molar-refractivity contribution in [2.75, 3.05) is 16.8 Å². The maximum atomic E-state index is 12.8. The minimum absolute atomic E-state index is 0.106. The van der Waals surface area contributed by atoms with E-state index in [-0.39, 0.29) is 5.57 Å². The Kier molecular flexibility index (Phi) is 5.71. The van der Waals surface area contributed by atoms with Gasteiger partial charge in [-0.15, -0.1) is 0 Å². The van der Waals surface area contributed by atoms with Gasteiger partial charge in [0.1, 0.15) is 11.3 Å². The Hall–Kier alpha value is -2.93. The number of hydrogen-bond acceptors (Lipinski definition) is 4. The molecule has 0 radical (unpaired) electrons. The summed E-state index contributed by atoms with van der Waals surface area (Å²) in [5.74, 6) is -0.685. The second-order valence-corrected chi connectivity index (χ2v) is 6.70. The molecule has 27 heavy (non-hydrogen) atoms. The Balaban J connectivity index is 1.90. The van der Waals surface area contributed by atoms with Crippen LogP contribution in [0.1, 0.15) is 11.1 Å². The molecule has 1 N–H and O–H groups in total. The molecule has 1 fully saturated rings. The quantitative estimate of drug-likeness (QED) is 0.449. The van der Waals surface area contributed by atoms with Crippen molar-refractivity contribution in [1.29, 1.82) is 0 Å². The summed E-state index contributed by atoms with van der Waals surface area (Å²) >= 11 is 3.29. The Morgan fingerprint density at radius 2 is 1.85 bits per heavy atom. The number of aryl methyl sites for hydroxylation is 1. The molecule has 0 saturated carbocycles. The number of urea groups is 1. The topological polar surface area (TPSA) is 75.7 Å². The van der Waals surface area contributed by atoms with Gasteiger partial charge < -0.3 is 4.74 Å². The molecule has 1 saturated heterocycles. The van der Waals surface area contributed by atoms with Gasteiger partial charge in [-0.25, -0.2) is 9.69 Å². The zero-order chi connectivity index (χ0) is 19.4. The van der Waals surface area contributed by atoms with Crippen molar-refractivity contribution in [2.45, 2.75) is 6.92 Å². The number of ether oxygens (including phenoxy) is 1. The minimum Gasteiger partial charge on any atom is -0.493 e. The molecule has 2 aromatic carbocycles. The van der Waals surface area contributed by atoms with Crippen LogP contribution in [0.3, 0.4) is 0 Å². The number of hydrogen-bond donors (Lipinski definition) is 1. The van der Waals surface area contributed by atoms with Crippen LogP contribution in [0.15, 0.2) is 54.1 Å². The summed E-state index contributed by atoms with van der Waals surface area (Å²) in [4.78, 5) is 38.2. The van der Waals surface area contributed by atoms with E-state index in [0.717, 1.165) is 15.8 Å². The number of carbonyl (C=O) groups excluding carboxylic acids is 3. The van der Waals surface area contributed by atoms with Crippen molar-refractivity contribution < 1.29 is 19.1 Å². The highest BCUT2D eigenvalue weighted by atomic mass is 79.9. The zero-order valence-corrected chi connectivity index (χ0v) is 16.2. The number of nitrogens with one attached hydrogen (secondary N) is 1. The van der Waals surface area contributed by atoms with E-state index in [1.165, 1.54) is 6.08 Å². The highest BCUT2D eigenvalue weighted by Gasteiger charge is 2.36. The average molecular weight is 429 g/mol. The molecule has 138 valence electrons. The molecular weight excluding hydrogens is 412 g/mol. The van der Waals surface area contributed by atoms with E-state index in [2.05, 4.69) is 21.2 Å². The molecule has 1 aliphatic rings. The largest absolute Gasteiger partial charge is 0.493 e. The van der Waals surface area contributed by atoms with E-state index in [9.17, 15) is 14.4 Å². The lowest BCUT2D eigenvalue weighted by molar-refractivity contribution is -0.122. The number of benzene rings is 2. The molecule has 0 aliphatic carbocycles. The molecular formula is C20H17BrN2O4. The van der Waals surface area contributed by atoms with E-state index in [1.54, 1.807) is 42.5 Å². The Morgan fingerprint density at radius 1 is 1.11 bits per heavy atom. The molecule has 1 aliphatic heterocycles. The van der Waals surface area contributed by atoms with Crippen LogP contribution in [-0.4, -0.2) is 29.8 Å². The van der Waals surface area contributed by atoms with Crippen LogP contribution in [0.5, 0.6) is 5.75 Å². The molecule has 1 heterocycles. The van der Waals surface area contributed by atoms with Gasteiger partial charge in [0.15, 0.2) is 0 Å². The van der Waals surface area contributed by atoms with Gasteiger partial charge in [-0.3, -0.25) is 14.9 Å². The average Bonchev–Trinajstić information content (AvgIpc) is 2.64. The molecule has 7 heteroatoms. The van der Waals surface area contributed by atoms with Crippen LogP contribution in [0, 0.1) is 6.92 Å². The first-order valence-corrected chi connectivity index (χ1v) is 9.38. The lowest BCUT2D eigenvalue weighted by Crippen LogP contribution is -2.54. The molecule has 6 nitrogen and oxygen atoms in total. The summed E-state index contributed by atoms with van der Waals surface area (Å²) < 4.78 is 5.48. The maximum Gasteiger partial charge on any atom is 0.335 e. The van der Waals surface area contributed by atoms with Crippen LogP contribution in [0.25, 0.3) is 6.08 Å². The number of alkyl halides is 1. The number of barbiturate groups is 1. The number of anilines is 1. The van der Waals surface area contributed by atoms with E-state index < -0.39 is 17.8 Å². The molecule has 4 amide bonds. The summed E-state index contributed by atoms with van der Waals surface area (Å²) in [6.45, 7) is 2.39. The van der Waals surface area contributed by atoms with Gasteiger partial charge in [0.05, 0.1) is 12.3 Å². The molecule has 2 aromatic rings. The molecule has 0 bridgehead atoms. The second kappa shape index (κ2) is 8.18. The van der Waals surface area contributed by atoms with Crippen LogP contribution in [0.4, 0.5) is 10.5 Å². The lowest BCUT2D eigenvalue weighted by atomic mass is 10.1. The smallest absolute Gasteiger partial charge is 0.335 e. The first-order chi connectivity index (χ1) is 13.0. The Morgan fingerprint density at radius 3 is 2.52 bits per heavy atom. The van der Waals surface area contributed by atoms with Crippen LogP contribution >= 0.6 is 15.9 Å². The fourth-order valence-electron chi connectivity index (χ4n) is 2.64. The maximum absolute atomic E-state index is 12.8. The van der Waals surface area contributed by atoms with Gasteiger partial charge in [-0.1, -0.05) is 40.2 Å². The van der Waals surface area contributed by atoms with E-state index in [1.807, 2.05) is 13.0 Å². The van der Waals surface area contributed by atoms with Crippen LogP contribution < -0.4 is 15.0 Å². The number of carbonyl (C=O) groups is 3. The highest BCUT2D eigenvalue weighted by Crippen LogP contribution is 2.23. The second-order valence-electron chi connectivity index (χ2n) is 5.90. The number of nitrogens with zero attached hydrogens (tertiary/aromatic N) is 1. The third kappa shape index (κ3) is 4.25. The molecule has 0 atom stereocenters. The summed E-state index contributed by atoms with van der Waals surface area (Å²) in [7, 11) is 0. The summed E-state index contributed by atoms with van der Waals surface area (Å²) in [6, 6.07) is 13.2. The molecule has 3 rings (SSSR count). The first-order valence-electron chi connectivity index (χ1n) is 8.26. The van der Waals surface area contributed by atoms with E-state index in [4.69, 9.17) is 4.74 Å². The molecule has 0 aromatic heterocycles. The highest BCUT2D eigenvalue weighted by molar-refractivity contribution is 9.09. The van der Waals surface area contributed by atoms with Gasteiger partial charge in [0.2, 0.25) is 0 Å². The predicted octanol–water partition coefficient (Wildman–Crippen LogP) is 3.44. The van der Waals surface area contributed by atoms with Crippen molar-refractivity contribution in [3.05, 3.63) is 65.2 Å². The van der Waals surface area contributed by atoms with Crippen molar-refractivity contribution in [3.63, 3.8) is 0 Å². The van der Waals surface area contributed by atoms with Gasteiger partial charge >= 0.3 is 6.03 Å². The third-order valence-corrected chi connectivity index (χ3v) is 4.22. The van der Waals surface area contributed by atoms with Gasteiger partial charge in [-0.2, -0.15) is 0 Å². The summed E-state index contributed by atoms with van der Waals surface area (Å²) in [5, 5.41) is 2.93. The Bertz CT molecular complexity index is 922. The summed E-state index contributed by atoms with van der Waals surface area (Å²) in [6.07, 6.45) is 1.46. The summed E-state index contributed by atoms with van der Waals surface area (Å²) in [5.41, 5.74) is 1.85. The van der Waals surface area contributed by atoms with E-state index in [0.29, 0.717) is 23.6 Å². The zero-order valence-electron chi connectivity index (χ0n) is 14.6. The third-order valence-electron chi connectivity index (χ3n) is 3.90. The molecule has 0 unspecified atom stereocenters. The van der Waals surface area contributed by atoms with Gasteiger partial charge in [0, 0.05) is 5.33 Å². The first kappa shape index (κ1) is 18.8. The fourth-order valence-corrected chi connectivity index (χ4v) is 2.80. The number of rotatable bonds is 5. The number of amides is 4. The van der Waals surface area contributed by atoms with Gasteiger partial charge in [-0.05, 0) is 48.4 Å². The van der Waals surface area contributed by atoms with Crippen molar-refractivity contribution in [3.8, 4) is 5.75 Å². The Labute approximate surface area is 164 Å². The van der Waals surface area contributed by atoms with Crippen molar-refractivity contribution in [1.82, 2.24) is 5.32 Å². The van der Waals surface area contributed by atoms with E-state index >= 15 is 0 Å². The standard InChI is InChI=1S/C20H17BrN2O4/c1-13-3-2-4-15(11-13)23-19(25)17(18(24)22-20(23)26)12-14-5-7-16(8-6-14)27-10-9-21/h2-8,11-12H,9-10H2,1H3,(H,22,24,26). The molecule has 0 spiro atoms. The van der Waals surface area contributed by atoms with Crippen molar-refractivity contribution in [2.24, 2.45) is 0 Å². The number of imide groups is 2. The minimum atomic E-state index is -0.758. The SMILES string of the molecule is Cc1cccc(N2C(=O)NC(=O)C(=Cc3ccc(OCCBr)cc3)C2=O)c1. The van der Waals surface area contributed by atoms with Crippen molar-refractivity contribution >= 4 is 45.5 Å². The predicted molar refractivity (Wildman–Crippen MR) is 106 cm³/mol. The van der Waals surface area contributed by atoms with Gasteiger partial charge in [0.25, 0.3) is 11.8 Å². The van der Waals surface area contributed by atoms with Crippen LogP contribution in [-0.2, 0) is 9.59 Å². The normalized spacial score (nSPS) is 15.9.